The van der Waals surface area contributed by atoms with E-state index in [0.29, 0.717) is 22.3 Å². The number of nitro benzene ring substituents is 1. The fourth-order valence-corrected chi connectivity index (χ4v) is 3.65. The fraction of sp³-hybridized carbons (Fsp3) is 0.0526. The monoisotopic (exact) mass is 502 g/mol. The van der Waals surface area contributed by atoms with Crippen molar-refractivity contribution in [2.24, 2.45) is 12.0 Å². The molecule has 140 valence electrons. The summed E-state index contributed by atoms with van der Waals surface area (Å²) in [6.45, 7) is 0. The van der Waals surface area contributed by atoms with Gasteiger partial charge in [0.2, 0.25) is 5.95 Å². The predicted molar refractivity (Wildman–Crippen MR) is 116 cm³/mol. The van der Waals surface area contributed by atoms with Crippen LogP contribution >= 0.6 is 31.9 Å². The van der Waals surface area contributed by atoms with Gasteiger partial charge in [-0.2, -0.15) is 0 Å². The molecule has 0 saturated carbocycles. The first-order chi connectivity index (χ1) is 13.3. The SMILES string of the molecule is Cn1c(/N=C/c2c(O)ccc3cc([N+](=O)[O-])ccc23)nc2cc(Br)c(Br)cc21. The third-order valence-electron chi connectivity index (χ3n) is 4.44. The largest absolute Gasteiger partial charge is 0.507 e. The van der Waals surface area contributed by atoms with Gasteiger partial charge in [0.05, 0.1) is 16.0 Å². The zero-order valence-electron chi connectivity index (χ0n) is 14.4. The number of nitrogens with zero attached hydrogens (tertiary/aromatic N) is 4. The minimum atomic E-state index is -0.449. The van der Waals surface area contributed by atoms with Crippen LogP contribution in [-0.2, 0) is 7.05 Å². The molecule has 0 radical (unpaired) electrons. The minimum absolute atomic E-state index is 0.00687. The lowest BCUT2D eigenvalue weighted by Crippen LogP contribution is -1.91. The van der Waals surface area contributed by atoms with E-state index in [9.17, 15) is 15.2 Å². The number of benzene rings is 3. The molecule has 0 unspecified atom stereocenters. The van der Waals surface area contributed by atoms with E-state index in [1.165, 1.54) is 24.4 Å². The van der Waals surface area contributed by atoms with Crippen molar-refractivity contribution in [2.45, 2.75) is 0 Å². The van der Waals surface area contributed by atoms with Crippen LogP contribution in [0.15, 0.2) is 56.4 Å². The van der Waals surface area contributed by atoms with Crippen LogP contribution in [-0.4, -0.2) is 25.8 Å². The average molecular weight is 504 g/mol. The van der Waals surface area contributed by atoms with Gasteiger partial charge in [-0.25, -0.2) is 9.98 Å². The van der Waals surface area contributed by atoms with Crippen molar-refractivity contribution in [3.63, 3.8) is 0 Å². The highest BCUT2D eigenvalue weighted by molar-refractivity contribution is 9.13. The summed E-state index contributed by atoms with van der Waals surface area (Å²) in [5.41, 5.74) is 2.15. The van der Waals surface area contributed by atoms with E-state index in [1.54, 1.807) is 12.1 Å². The molecule has 0 fully saturated rings. The molecule has 1 aromatic heterocycles. The number of phenolic OH excluding ortho intramolecular Hbond substituents is 1. The highest BCUT2D eigenvalue weighted by Gasteiger charge is 2.12. The van der Waals surface area contributed by atoms with Crippen molar-refractivity contribution in [1.82, 2.24) is 9.55 Å². The Labute approximate surface area is 175 Å². The molecular weight excluding hydrogens is 492 g/mol. The molecule has 0 atom stereocenters. The topological polar surface area (TPSA) is 93.5 Å². The number of phenols is 1. The molecule has 0 aliphatic rings. The second kappa shape index (κ2) is 6.99. The first-order valence-electron chi connectivity index (χ1n) is 8.11. The molecule has 0 spiro atoms. The second-order valence-corrected chi connectivity index (χ2v) is 7.85. The standard InChI is InChI=1S/C19H12Br2N4O3/c1-24-17-8-15(21)14(20)7-16(17)23-19(24)22-9-13-12-4-3-11(25(27)28)6-10(12)2-5-18(13)26/h2-9,26H,1H3/b22-9+. The van der Waals surface area contributed by atoms with Gasteiger partial charge in [-0.15, -0.1) is 0 Å². The number of hydrogen-bond donors (Lipinski definition) is 1. The number of halogens is 2. The van der Waals surface area contributed by atoms with Gasteiger partial charge in [0.15, 0.2) is 0 Å². The lowest BCUT2D eigenvalue weighted by Gasteiger charge is -2.05. The van der Waals surface area contributed by atoms with E-state index in [1.807, 2.05) is 23.7 Å². The number of aromatic nitrogens is 2. The van der Waals surface area contributed by atoms with Crippen molar-refractivity contribution >= 4 is 71.5 Å². The van der Waals surface area contributed by atoms with E-state index in [4.69, 9.17) is 0 Å². The van der Waals surface area contributed by atoms with E-state index >= 15 is 0 Å². The zero-order valence-corrected chi connectivity index (χ0v) is 17.6. The number of aryl methyl sites for hydroxylation is 1. The number of aliphatic imine (C=N–C) groups is 1. The quantitative estimate of drug-likeness (QED) is 0.223. The van der Waals surface area contributed by atoms with E-state index in [0.717, 1.165) is 20.0 Å². The van der Waals surface area contributed by atoms with E-state index < -0.39 is 4.92 Å². The molecule has 0 aliphatic carbocycles. The molecule has 3 aromatic carbocycles. The Hall–Kier alpha value is -2.78. The molecular formula is C19H12Br2N4O3. The Bertz CT molecular complexity index is 1300. The van der Waals surface area contributed by atoms with Gasteiger partial charge in [0.25, 0.3) is 5.69 Å². The number of aromatic hydroxyl groups is 1. The van der Waals surface area contributed by atoms with Crippen LogP contribution in [0.5, 0.6) is 5.75 Å². The third-order valence-corrected chi connectivity index (χ3v) is 6.29. The number of non-ortho nitro benzene ring substituents is 1. The maximum atomic E-state index is 11.0. The Kier molecular flexibility index (Phi) is 4.64. The fourth-order valence-electron chi connectivity index (χ4n) is 2.99. The summed E-state index contributed by atoms with van der Waals surface area (Å²) in [7, 11) is 1.86. The molecule has 0 saturated heterocycles. The molecule has 1 N–H and O–H groups in total. The number of fused-ring (bicyclic) bond motifs is 2. The van der Waals surface area contributed by atoms with Gasteiger partial charge in [-0.05, 0) is 66.9 Å². The Morgan fingerprint density at radius 2 is 1.93 bits per heavy atom. The highest BCUT2D eigenvalue weighted by atomic mass is 79.9. The number of hydrogen-bond acceptors (Lipinski definition) is 5. The summed E-state index contributed by atoms with van der Waals surface area (Å²) >= 11 is 6.94. The third kappa shape index (κ3) is 3.16. The predicted octanol–water partition coefficient (Wildman–Crippen LogP) is 5.62. The van der Waals surface area contributed by atoms with E-state index in [2.05, 4.69) is 41.8 Å². The smallest absolute Gasteiger partial charge is 0.270 e. The number of imidazole rings is 1. The van der Waals surface area contributed by atoms with Crippen LogP contribution in [0, 0.1) is 10.1 Å². The average Bonchev–Trinajstić information content (AvgIpc) is 2.96. The van der Waals surface area contributed by atoms with Gasteiger partial charge in [-0.3, -0.25) is 10.1 Å². The van der Waals surface area contributed by atoms with Crippen molar-refractivity contribution < 1.29 is 10.0 Å². The Morgan fingerprint density at radius 3 is 2.68 bits per heavy atom. The number of nitro groups is 1. The van der Waals surface area contributed by atoms with E-state index in [-0.39, 0.29) is 11.4 Å². The normalized spacial score (nSPS) is 11.7. The summed E-state index contributed by atoms with van der Waals surface area (Å²) in [5.74, 6) is 0.507. The summed E-state index contributed by atoms with van der Waals surface area (Å²) in [4.78, 5) is 19.5. The number of rotatable bonds is 3. The molecule has 9 heteroatoms. The molecule has 28 heavy (non-hydrogen) atoms. The summed E-state index contributed by atoms with van der Waals surface area (Å²) in [6.07, 6.45) is 1.52. The van der Waals surface area contributed by atoms with Crippen LogP contribution in [0.1, 0.15) is 5.56 Å². The molecule has 0 aliphatic heterocycles. The van der Waals surface area contributed by atoms with Crippen LogP contribution in [0.3, 0.4) is 0 Å². The lowest BCUT2D eigenvalue weighted by molar-refractivity contribution is -0.384. The second-order valence-electron chi connectivity index (χ2n) is 6.14. The summed E-state index contributed by atoms with van der Waals surface area (Å²) < 4.78 is 3.64. The zero-order chi connectivity index (χ0) is 20.0. The molecule has 1 heterocycles. The first kappa shape index (κ1) is 18.6. The van der Waals surface area contributed by atoms with Crippen LogP contribution < -0.4 is 0 Å². The summed E-state index contributed by atoms with van der Waals surface area (Å²) in [6, 6.07) is 11.5. The van der Waals surface area contributed by atoms with Crippen molar-refractivity contribution in [3.05, 3.63) is 67.1 Å². The van der Waals surface area contributed by atoms with Crippen LogP contribution in [0.2, 0.25) is 0 Å². The van der Waals surface area contributed by atoms with Gasteiger partial charge >= 0.3 is 0 Å². The molecule has 4 rings (SSSR count). The maximum Gasteiger partial charge on any atom is 0.270 e. The first-order valence-corrected chi connectivity index (χ1v) is 9.69. The van der Waals surface area contributed by atoms with Gasteiger partial charge in [0, 0.05) is 39.9 Å². The van der Waals surface area contributed by atoms with Crippen molar-refractivity contribution in [3.8, 4) is 5.75 Å². The van der Waals surface area contributed by atoms with Crippen LogP contribution in [0.4, 0.5) is 11.6 Å². The molecule has 0 bridgehead atoms. The molecule has 7 nitrogen and oxygen atoms in total. The molecule has 4 aromatic rings. The van der Waals surface area contributed by atoms with Crippen molar-refractivity contribution in [2.75, 3.05) is 0 Å². The van der Waals surface area contributed by atoms with Crippen LogP contribution in [0.25, 0.3) is 21.8 Å². The highest BCUT2D eigenvalue weighted by Crippen LogP contribution is 2.32. The molecule has 0 amide bonds. The lowest BCUT2D eigenvalue weighted by atomic mass is 10.0. The van der Waals surface area contributed by atoms with Gasteiger partial charge < -0.3 is 9.67 Å². The Balaban J connectivity index is 1.82. The minimum Gasteiger partial charge on any atom is -0.507 e. The van der Waals surface area contributed by atoms with Gasteiger partial charge in [-0.1, -0.05) is 6.07 Å². The Morgan fingerprint density at radius 1 is 1.18 bits per heavy atom. The summed E-state index contributed by atoms with van der Waals surface area (Å²) in [5, 5.41) is 22.6. The maximum absolute atomic E-state index is 11.0. The van der Waals surface area contributed by atoms with Crippen molar-refractivity contribution in [1.29, 1.82) is 0 Å². The van der Waals surface area contributed by atoms with Gasteiger partial charge in [0.1, 0.15) is 5.75 Å².